The molecule has 0 bridgehead atoms. The maximum Gasteiger partial charge on any atom is 0.271 e. The fraction of sp³-hybridized carbons (Fsp3) is 0.120. The Kier molecular flexibility index (Phi) is 6.65. The number of H-pyrrole nitrogens is 1. The first-order valence-corrected chi connectivity index (χ1v) is 12.1. The van der Waals surface area contributed by atoms with Gasteiger partial charge in [0.1, 0.15) is 5.75 Å². The van der Waals surface area contributed by atoms with Gasteiger partial charge < -0.3 is 9.72 Å². The predicted molar refractivity (Wildman–Crippen MR) is 133 cm³/mol. The number of amides is 1. The van der Waals surface area contributed by atoms with Crippen molar-refractivity contribution >= 4 is 38.7 Å². The van der Waals surface area contributed by atoms with E-state index in [1.165, 1.54) is 36.4 Å². The second kappa shape index (κ2) is 9.80. The number of ether oxygens (including phenoxy) is 1. The molecule has 0 spiro atoms. The van der Waals surface area contributed by atoms with Crippen LogP contribution in [0.25, 0.3) is 10.9 Å². The van der Waals surface area contributed by atoms with Gasteiger partial charge in [0.05, 0.1) is 17.7 Å². The van der Waals surface area contributed by atoms with Gasteiger partial charge in [0.2, 0.25) is 0 Å². The van der Waals surface area contributed by atoms with Gasteiger partial charge in [-0.15, -0.1) is 0 Å². The fourth-order valence-corrected chi connectivity index (χ4v) is 4.53. The molecular formula is C25H24N4O4S. The van der Waals surface area contributed by atoms with Crippen LogP contribution in [0.5, 0.6) is 5.75 Å². The molecule has 0 saturated heterocycles. The minimum Gasteiger partial charge on any atom is -0.494 e. The van der Waals surface area contributed by atoms with E-state index in [-0.39, 0.29) is 4.90 Å². The summed E-state index contributed by atoms with van der Waals surface area (Å²) in [4.78, 5) is 15.8. The molecule has 3 aromatic carbocycles. The lowest BCUT2D eigenvalue weighted by Gasteiger charge is -2.09. The molecule has 4 aromatic rings. The van der Waals surface area contributed by atoms with E-state index < -0.39 is 15.9 Å². The minimum atomic E-state index is -3.77. The number of hydrogen-bond donors (Lipinski definition) is 3. The van der Waals surface area contributed by atoms with Crippen LogP contribution in [-0.2, 0) is 10.0 Å². The third kappa shape index (κ3) is 5.10. The zero-order valence-corrected chi connectivity index (χ0v) is 19.5. The third-order valence-electron chi connectivity index (χ3n) is 5.15. The van der Waals surface area contributed by atoms with Crippen LogP contribution in [0.2, 0.25) is 0 Å². The number of nitrogens with one attached hydrogen (secondary N) is 3. The topological polar surface area (TPSA) is 113 Å². The molecule has 1 aromatic heterocycles. The van der Waals surface area contributed by atoms with Crippen molar-refractivity contribution in [2.75, 3.05) is 11.3 Å². The van der Waals surface area contributed by atoms with Gasteiger partial charge in [-0.1, -0.05) is 18.2 Å². The molecule has 9 heteroatoms. The molecule has 174 valence electrons. The Morgan fingerprint density at radius 1 is 1.03 bits per heavy atom. The highest BCUT2D eigenvalue weighted by Crippen LogP contribution is 2.21. The zero-order chi connectivity index (χ0) is 24.1. The lowest BCUT2D eigenvalue weighted by atomic mass is 10.1. The number of carbonyl (C=O) groups excluding carboxylic acids is 1. The number of para-hydroxylation sites is 1. The summed E-state index contributed by atoms with van der Waals surface area (Å²) in [6.45, 7) is 4.29. The van der Waals surface area contributed by atoms with E-state index in [2.05, 4.69) is 20.2 Å². The highest BCUT2D eigenvalue weighted by molar-refractivity contribution is 7.92. The van der Waals surface area contributed by atoms with E-state index in [4.69, 9.17) is 4.74 Å². The van der Waals surface area contributed by atoms with Crippen LogP contribution in [0, 0.1) is 6.92 Å². The average Bonchev–Trinajstić information content (AvgIpc) is 3.15. The Morgan fingerprint density at radius 2 is 1.74 bits per heavy atom. The Hall–Kier alpha value is -4.11. The zero-order valence-electron chi connectivity index (χ0n) is 18.7. The second-order valence-corrected chi connectivity index (χ2v) is 9.18. The van der Waals surface area contributed by atoms with Gasteiger partial charge in [-0.2, -0.15) is 5.10 Å². The third-order valence-corrected chi connectivity index (χ3v) is 6.54. The lowest BCUT2D eigenvalue weighted by molar-refractivity contribution is 0.0955. The van der Waals surface area contributed by atoms with Gasteiger partial charge in [-0.25, -0.2) is 13.8 Å². The average molecular weight is 477 g/mol. The molecule has 0 unspecified atom stereocenters. The lowest BCUT2D eigenvalue weighted by Crippen LogP contribution is -2.18. The van der Waals surface area contributed by atoms with E-state index in [9.17, 15) is 13.2 Å². The largest absolute Gasteiger partial charge is 0.494 e. The summed E-state index contributed by atoms with van der Waals surface area (Å²) in [7, 11) is -3.77. The molecule has 0 atom stereocenters. The monoisotopic (exact) mass is 476 g/mol. The van der Waals surface area contributed by atoms with Crippen molar-refractivity contribution in [2.24, 2.45) is 5.10 Å². The summed E-state index contributed by atoms with van der Waals surface area (Å²) in [6, 6.07) is 20.1. The maximum absolute atomic E-state index is 12.6. The molecule has 4 rings (SSSR count). The molecule has 0 aliphatic rings. The van der Waals surface area contributed by atoms with Crippen molar-refractivity contribution in [1.29, 1.82) is 0 Å². The number of anilines is 1. The van der Waals surface area contributed by atoms with Gasteiger partial charge in [-0.3, -0.25) is 9.52 Å². The highest BCUT2D eigenvalue weighted by atomic mass is 32.2. The van der Waals surface area contributed by atoms with Gasteiger partial charge >= 0.3 is 0 Å². The van der Waals surface area contributed by atoms with Gasteiger partial charge in [-0.05, 0) is 68.4 Å². The number of carbonyl (C=O) groups is 1. The summed E-state index contributed by atoms with van der Waals surface area (Å²) in [5.41, 5.74) is 6.03. The summed E-state index contributed by atoms with van der Waals surface area (Å²) in [6.07, 6.45) is 1.60. The van der Waals surface area contributed by atoms with Crippen molar-refractivity contribution in [3.05, 3.63) is 89.6 Å². The summed E-state index contributed by atoms with van der Waals surface area (Å²) >= 11 is 0. The minimum absolute atomic E-state index is 0.111. The number of rotatable bonds is 8. The van der Waals surface area contributed by atoms with Crippen molar-refractivity contribution in [3.63, 3.8) is 0 Å². The molecule has 0 radical (unpaired) electrons. The van der Waals surface area contributed by atoms with E-state index in [1.54, 1.807) is 18.3 Å². The first-order valence-electron chi connectivity index (χ1n) is 10.6. The van der Waals surface area contributed by atoms with E-state index >= 15 is 0 Å². The number of fused-ring (bicyclic) bond motifs is 1. The molecule has 0 fully saturated rings. The number of sulfonamides is 1. The molecule has 0 aliphatic heterocycles. The van der Waals surface area contributed by atoms with Crippen LogP contribution in [0.3, 0.4) is 0 Å². The number of aromatic nitrogens is 1. The first-order chi connectivity index (χ1) is 16.4. The first kappa shape index (κ1) is 23.1. The number of aryl methyl sites for hydroxylation is 1. The molecular weight excluding hydrogens is 452 g/mol. The number of hydrogen-bond acceptors (Lipinski definition) is 5. The molecule has 34 heavy (non-hydrogen) atoms. The number of aromatic amines is 1. The Bertz CT molecular complexity index is 1440. The van der Waals surface area contributed by atoms with Crippen LogP contribution in [0.1, 0.15) is 28.5 Å². The molecule has 3 N–H and O–H groups in total. The Morgan fingerprint density at radius 3 is 2.44 bits per heavy atom. The maximum atomic E-state index is 12.6. The van der Waals surface area contributed by atoms with E-state index in [1.807, 2.05) is 38.1 Å². The van der Waals surface area contributed by atoms with E-state index in [0.29, 0.717) is 23.6 Å². The van der Waals surface area contributed by atoms with Crippen LogP contribution in [0.4, 0.5) is 5.69 Å². The van der Waals surface area contributed by atoms with Gasteiger partial charge in [0.15, 0.2) is 0 Å². The fourth-order valence-electron chi connectivity index (χ4n) is 3.47. The smallest absolute Gasteiger partial charge is 0.271 e. The van der Waals surface area contributed by atoms with Crippen molar-refractivity contribution in [3.8, 4) is 5.75 Å². The molecule has 0 aliphatic carbocycles. The standard InChI is InChI=1S/C25H24N4O4S/c1-3-33-20-12-14-21(15-13-20)34(31,32)29-19-10-8-18(9-11-19)25(30)28-26-16-23-17(2)27-24-7-5-4-6-22(23)24/h4-16,27,29H,3H2,1-2H3,(H,28,30). The molecule has 1 amide bonds. The quantitative estimate of drug-likeness (QED) is 0.258. The van der Waals surface area contributed by atoms with Crippen LogP contribution >= 0.6 is 0 Å². The predicted octanol–water partition coefficient (Wildman–Crippen LogP) is 4.44. The number of hydrazone groups is 1. The summed E-state index contributed by atoms with van der Waals surface area (Å²) < 4.78 is 33.1. The van der Waals surface area contributed by atoms with Gasteiger partial charge in [0, 0.05) is 33.4 Å². The highest BCUT2D eigenvalue weighted by Gasteiger charge is 2.15. The summed E-state index contributed by atoms with van der Waals surface area (Å²) in [5, 5.41) is 5.09. The van der Waals surface area contributed by atoms with Crippen molar-refractivity contribution < 1.29 is 17.9 Å². The normalized spacial score (nSPS) is 11.6. The van der Waals surface area contributed by atoms with Gasteiger partial charge in [0.25, 0.3) is 15.9 Å². The van der Waals surface area contributed by atoms with Crippen LogP contribution in [0.15, 0.2) is 82.8 Å². The Balaban J connectivity index is 1.40. The molecule has 8 nitrogen and oxygen atoms in total. The number of benzene rings is 3. The second-order valence-electron chi connectivity index (χ2n) is 7.50. The molecule has 1 heterocycles. The Labute approximate surface area is 197 Å². The van der Waals surface area contributed by atoms with Crippen molar-refractivity contribution in [1.82, 2.24) is 10.4 Å². The number of nitrogens with zero attached hydrogens (tertiary/aromatic N) is 1. The van der Waals surface area contributed by atoms with Crippen molar-refractivity contribution in [2.45, 2.75) is 18.7 Å². The van der Waals surface area contributed by atoms with E-state index in [0.717, 1.165) is 22.2 Å². The van der Waals surface area contributed by atoms with Crippen LogP contribution in [-0.4, -0.2) is 32.1 Å². The molecule has 0 saturated carbocycles. The summed E-state index contributed by atoms with van der Waals surface area (Å²) in [5.74, 6) is 0.189. The van der Waals surface area contributed by atoms with Crippen LogP contribution < -0.4 is 14.9 Å². The SMILES string of the molecule is CCOc1ccc(S(=O)(=O)Nc2ccc(C(=O)NN=Cc3c(C)[nH]c4ccccc34)cc2)cc1.